The van der Waals surface area contributed by atoms with Crippen molar-refractivity contribution in [2.24, 2.45) is 0 Å². The van der Waals surface area contributed by atoms with E-state index in [0.29, 0.717) is 11.8 Å². The number of hydrogen-bond acceptors (Lipinski definition) is 1. The number of hydrogen-bond donors (Lipinski definition) is 0. The molecule has 1 aromatic carbocycles. The summed E-state index contributed by atoms with van der Waals surface area (Å²) in [7, 11) is 0. The van der Waals surface area contributed by atoms with Crippen LogP contribution < -0.4 is 0 Å². The van der Waals surface area contributed by atoms with Crippen LogP contribution in [0.25, 0.3) is 0 Å². The van der Waals surface area contributed by atoms with Gasteiger partial charge in [0, 0.05) is 6.20 Å². The number of unbranched alkanes of at least 4 members (excludes halogenated alkanes) is 2. The van der Waals surface area contributed by atoms with Gasteiger partial charge in [0.05, 0.1) is 0 Å². The summed E-state index contributed by atoms with van der Waals surface area (Å²) in [6.07, 6.45) is 11.6. The number of rotatable bonds is 6. The lowest BCUT2D eigenvalue weighted by atomic mass is 9.76. The van der Waals surface area contributed by atoms with Crippen molar-refractivity contribution in [3.63, 3.8) is 0 Å². The predicted octanol–water partition coefficient (Wildman–Crippen LogP) is 6.39. The third kappa shape index (κ3) is 4.43. The second-order valence-electron chi connectivity index (χ2n) is 7.16. The van der Waals surface area contributed by atoms with Gasteiger partial charge < -0.3 is 0 Å². The second-order valence-corrected chi connectivity index (χ2v) is 7.16. The van der Waals surface area contributed by atoms with Crippen molar-refractivity contribution in [2.45, 2.75) is 70.1 Å². The molecule has 0 atom stereocenters. The number of nitrogens with zero attached hydrogens (tertiary/aromatic N) is 1. The highest BCUT2D eigenvalue weighted by molar-refractivity contribution is 5.27. The first-order valence-electron chi connectivity index (χ1n) is 9.46. The summed E-state index contributed by atoms with van der Waals surface area (Å²) >= 11 is 0. The van der Waals surface area contributed by atoms with E-state index in [4.69, 9.17) is 0 Å². The molecule has 3 rings (SSSR count). The van der Waals surface area contributed by atoms with Crippen molar-refractivity contribution >= 4 is 0 Å². The number of halogens is 1. The monoisotopic (exact) mass is 325 g/mol. The largest absolute Gasteiger partial charge is 0.228 e. The van der Waals surface area contributed by atoms with E-state index in [2.05, 4.69) is 36.2 Å². The van der Waals surface area contributed by atoms with Gasteiger partial charge >= 0.3 is 0 Å². The fourth-order valence-electron chi connectivity index (χ4n) is 3.92. The Morgan fingerprint density at radius 3 is 2.08 bits per heavy atom. The Kier molecular flexibility index (Phi) is 6.01. The van der Waals surface area contributed by atoms with Crippen molar-refractivity contribution in [3.05, 3.63) is 65.2 Å². The van der Waals surface area contributed by atoms with E-state index in [9.17, 15) is 4.39 Å². The molecule has 1 aliphatic carbocycles. The third-order valence-electron chi connectivity index (χ3n) is 5.47. The molecule has 0 N–H and O–H groups in total. The molecule has 24 heavy (non-hydrogen) atoms. The molecule has 0 unspecified atom stereocenters. The van der Waals surface area contributed by atoms with Crippen LogP contribution in [0, 0.1) is 5.95 Å². The highest BCUT2D eigenvalue weighted by Gasteiger charge is 2.23. The van der Waals surface area contributed by atoms with Gasteiger partial charge in [-0.1, -0.05) is 50.1 Å². The van der Waals surface area contributed by atoms with Crippen LogP contribution >= 0.6 is 0 Å². The number of aryl methyl sites for hydroxylation is 1. The molecule has 1 fully saturated rings. The zero-order chi connectivity index (χ0) is 16.8. The Hall–Kier alpha value is -1.70. The maximum absolute atomic E-state index is 13.0. The highest BCUT2D eigenvalue weighted by Crippen LogP contribution is 2.40. The fraction of sp³-hybridized carbons (Fsp3) is 0.500. The molecule has 2 heteroatoms. The molecule has 0 spiro atoms. The van der Waals surface area contributed by atoms with Crippen LogP contribution in [0.3, 0.4) is 0 Å². The van der Waals surface area contributed by atoms with Gasteiger partial charge in [0.2, 0.25) is 5.95 Å². The Bertz CT molecular complexity index is 609. The Morgan fingerprint density at radius 1 is 0.875 bits per heavy atom. The summed E-state index contributed by atoms with van der Waals surface area (Å²) in [4.78, 5) is 3.81. The predicted molar refractivity (Wildman–Crippen MR) is 97.8 cm³/mol. The van der Waals surface area contributed by atoms with Gasteiger partial charge in [-0.25, -0.2) is 4.98 Å². The zero-order valence-electron chi connectivity index (χ0n) is 14.7. The van der Waals surface area contributed by atoms with Gasteiger partial charge in [0.25, 0.3) is 0 Å². The maximum atomic E-state index is 13.0. The average molecular weight is 325 g/mol. The Labute approximate surface area is 145 Å². The average Bonchev–Trinajstić information content (AvgIpc) is 2.63. The molecule has 1 nitrogen and oxygen atoms in total. The van der Waals surface area contributed by atoms with Crippen molar-refractivity contribution in [1.82, 2.24) is 4.98 Å². The summed E-state index contributed by atoms with van der Waals surface area (Å²) < 4.78 is 13.0. The smallest absolute Gasteiger partial charge is 0.212 e. The van der Waals surface area contributed by atoms with Gasteiger partial charge in [0.15, 0.2) is 0 Å². The van der Waals surface area contributed by atoms with Gasteiger partial charge in [-0.15, -0.1) is 0 Å². The summed E-state index contributed by atoms with van der Waals surface area (Å²) in [5.74, 6) is 0.841. The molecule has 1 aliphatic rings. The van der Waals surface area contributed by atoms with E-state index in [0.717, 1.165) is 0 Å². The summed E-state index contributed by atoms with van der Waals surface area (Å²) in [5.41, 5.74) is 4.16. The van der Waals surface area contributed by atoms with Crippen LogP contribution in [0.15, 0.2) is 42.6 Å². The van der Waals surface area contributed by atoms with Gasteiger partial charge in [0.1, 0.15) is 0 Å². The van der Waals surface area contributed by atoms with Crippen LogP contribution in [-0.2, 0) is 6.42 Å². The highest BCUT2D eigenvalue weighted by atomic mass is 19.1. The molecule has 128 valence electrons. The molecule has 0 bridgehead atoms. The lowest BCUT2D eigenvalue weighted by molar-refractivity contribution is 0.395. The number of benzene rings is 1. The van der Waals surface area contributed by atoms with E-state index in [1.807, 2.05) is 6.07 Å². The van der Waals surface area contributed by atoms with Crippen molar-refractivity contribution in [2.75, 3.05) is 0 Å². The quantitative estimate of drug-likeness (QED) is 0.442. The first kappa shape index (κ1) is 17.1. The molecular weight excluding hydrogens is 297 g/mol. The molecule has 2 aromatic rings. The molecular formula is C22H28FN. The molecule has 0 radical (unpaired) electrons. The summed E-state index contributed by atoms with van der Waals surface area (Å²) in [6.45, 7) is 2.25. The van der Waals surface area contributed by atoms with E-state index in [1.165, 1.54) is 74.1 Å². The molecule has 1 saturated carbocycles. The van der Waals surface area contributed by atoms with Crippen molar-refractivity contribution in [3.8, 4) is 0 Å². The first-order chi connectivity index (χ1) is 11.8. The minimum Gasteiger partial charge on any atom is -0.228 e. The Morgan fingerprint density at radius 2 is 1.50 bits per heavy atom. The topological polar surface area (TPSA) is 12.9 Å². The lowest BCUT2D eigenvalue weighted by Crippen LogP contribution is -2.12. The minimum atomic E-state index is -0.383. The molecule has 1 aromatic heterocycles. The van der Waals surface area contributed by atoms with E-state index >= 15 is 0 Å². The van der Waals surface area contributed by atoms with E-state index in [1.54, 1.807) is 6.20 Å². The lowest BCUT2D eigenvalue weighted by Gasteiger charge is -2.29. The summed E-state index contributed by atoms with van der Waals surface area (Å²) in [6, 6.07) is 12.7. The SMILES string of the molecule is CCCCCc1ccc([C@H]2CC[C@H](c3ccc(F)nc3)CC2)cc1. The van der Waals surface area contributed by atoms with Gasteiger partial charge in [-0.3, -0.25) is 0 Å². The standard InChI is InChI=1S/C22H28FN/c1-2-3-4-5-17-6-8-18(9-7-17)19-10-12-20(13-11-19)21-14-15-22(23)24-16-21/h6-9,14-16,19-20H,2-5,10-13H2,1H3/t19-,20-. The first-order valence-corrected chi connectivity index (χ1v) is 9.46. The Balaban J connectivity index is 1.53. The number of pyridine rings is 1. The zero-order valence-corrected chi connectivity index (χ0v) is 14.7. The summed E-state index contributed by atoms with van der Waals surface area (Å²) in [5, 5.41) is 0. The molecule has 1 heterocycles. The maximum Gasteiger partial charge on any atom is 0.212 e. The minimum absolute atomic E-state index is 0.383. The van der Waals surface area contributed by atoms with Gasteiger partial charge in [-0.05, 0) is 73.1 Å². The molecule has 0 aliphatic heterocycles. The molecule has 0 saturated heterocycles. The van der Waals surface area contributed by atoms with Crippen LogP contribution in [0.5, 0.6) is 0 Å². The van der Waals surface area contributed by atoms with Crippen molar-refractivity contribution < 1.29 is 4.39 Å². The normalized spacial score (nSPS) is 20.9. The fourth-order valence-corrected chi connectivity index (χ4v) is 3.92. The number of aromatic nitrogens is 1. The van der Waals surface area contributed by atoms with E-state index in [-0.39, 0.29) is 5.95 Å². The van der Waals surface area contributed by atoms with Crippen molar-refractivity contribution in [1.29, 1.82) is 0 Å². The van der Waals surface area contributed by atoms with Crippen LogP contribution in [0.2, 0.25) is 0 Å². The van der Waals surface area contributed by atoms with E-state index < -0.39 is 0 Å². The third-order valence-corrected chi connectivity index (χ3v) is 5.47. The van der Waals surface area contributed by atoms with Crippen LogP contribution in [0.1, 0.15) is 80.4 Å². The second kappa shape index (κ2) is 8.41. The van der Waals surface area contributed by atoms with Crippen LogP contribution in [0.4, 0.5) is 4.39 Å². The van der Waals surface area contributed by atoms with Crippen LogP contribution in [-0.4, -0.2) is 4.98 Å². The molecule has 0 amide bonds. The van der Waals surface area contributed by atoms with Gasteiger partial charge in [-0.2, -0.15) is 4.39 Å².